The normalized spacial score (nSPS) is 15.0. The number of amides is 3. The molecule has 3 aromatic carbocycles. The molecule has 0 fully saturated rings. The smallest absolute Gasteiger partial charge is 0.247 e. The predicted molar refractivity (Wildman–Crippen MR) is 155 cm³/mol. The largest absolute Gasteiger partial charge is 0.342 e. The first-order valence-electron chi connectivity index (χ1n) is 13.1. The van der Waals surface area contributed by atoms with Gasteiger partial charge in [0.15, 0.2) is 5.78 Å². The summed E-state index contributed by atoms with van der Waals surface area (Å²) in [6.07, 6.45) is 0.188. The molecule has 2 atom stereocenters. The fourth-order valence-corrected chi connectivity index (χ4v) is 5.01. The molecule has 0 aliphatic carbocycles. The van der Waals surface area contributed by atoms with Crippen molar-refractivity contribution in [1.29, 1.82) is 0 Å². The van der Waals surface area contributed by atoms with E-state index < -0.39 is 29.7 Å². The number of ketones is 1. The minimum atomic E-state index is -1.12. The van der Waals surface area contributed by atoms with Crippen LogP contribution in [0, 0.1) is 5.82 Å². The first-order chi connectivity index (χ1) is 19.7. The highest BCUT2D eigenvalue weighted by Crippen LogP contribution is 2.28. The zero-order valence-corrected chi connectivity index (χ0v) is 23.6. The quantitative estimate of drug-likeness (QED) is 0.234. The van der Waals surface area contributed by atoms with Crippen molar-refractivity contribution in [2.24, 2.45) is 5.73 Å². The van der Waals surface area contributed by atoms with E-state index in [4.69, 9.17) is 28.9 Å². The minimum absolute atomic E-state index is 0.0112. The van der Waals surface area contributed by atoms with Crippen molar-refractivity contribution in [3.63, 3.8) is 0 Å². The minimum Gasteiger partial charge on any atom is -0.342 e. The van der Waals surface area contributed by atoms with Gasteiger partial charge in [-0.3, -0.25) is 19.2 Å². The van der Waals surface area contributed by atoms with Crippen molar-refractivity contribution >= 4 is 52.4 Å². The summed E-state index contributed by atoms with van der Waals surface area (Å²) in [6, 6.07) is 16.2. The fourth-order valence-electron chi connectivity index (χ4n) is 4.69. The Bertz CT molecular complexity index is 1450. The summed E-state index contributed by atoms with van der Waals surface area (Å²) in [4.78, 5) is 54.0. The Balaban J connectivity index is 1.50. The van der Waals surface area contributed by atoms with Crippen LogP contribution in [0.15, 0.2) is 66.7 Å². The van der Waals surface area contributed by atoms with E-state index in [0.29, 0.717) is 5.56 Å². The number of nitrogens with two attached hydrogens (primary N) is 1. The Morgan fingerprint density at radius 1 is 0.951 bits per heavy atom. The molecule has 11 heteroatoms. The molecule has 4 rings (SSSR count). The van der Waals surface area contributed by atoms with E-state index in [1.807, 2.05) is 24.3 Å². The van der Waals surface area contributed by atoms with Crippen LogP contribution in [0.1, 0.15) is 40.7 Å². The molecule has 41 heavy (non-hydrogen) atoms. The number of Topliss-reactive ketones (excluding diaryl/α,β-unsaturated/α-hetero) is 1. The molecule has 8 nitrogen and oxygen atoms in total. The van der Waals surface area contributed by atoms with Crippen LogP contribution in [0.2, 0.25) is 10.0 Å². The summed E-state index contributed by atoms with van der Waals surface area (Å²) in [5, 5.41) is 5.14. The average molecular weight is 599 g/mol. The maximum atomic E-state index is 14.4. The summed E-state index contributed by atoms with van der Waals surface area (Å²) >= 11 is 11.8. The van der Waals surface area contributed by atoms with Crippen LogP contribution in [0.5, 0.6) is 0 Å². The van der Waals surface area contributed by atoms with Gasteiger partial charge in [-0.05, 0) is 36.2 Å². The number of halogens is 3. The van der Waals surface area contributed by atoms with Crippen LogP contribution in [-0.4, -0.2) is 47.0 Å². The van der Waals surface area contributed by atoms with Gasteiger partial charge in [0.05, 0.1) is 15.7 Å². The molecular weight excluding hydrogens is 570 g/mol. The van der Waals surface area contributed by atoms with Gasteiger partial charge in [0.2, 0.25) is 17.7 Å². The van der Waals surface area contributed by atoms with E-state index >= 15 is 0 Å². The number of anilines is 1. The molecule has 0 saturated carbocycles. The van der Waals surface area contributed by atoms with Gasteiger partial charge in [0, 0.05) is 31.4 Å². The van der Waals surface area contributed by atoms with Gasteiger partial charge in [0.1, 0.15) is 17.9 Å². The van der Waals surface area contributed by atoms with Gasteiger partial charge in [-0.15, -0.1) is 0 Å². The SMILES string of the molecule is NCC[C@H](NC(=O)[C@@H]1Cc2ccccc2CN1C(=O)CCC(=O)c1ccccc1)C(=O)Nc1cc(Cl)c(Cl)cc1F. The van der Waals surface area contributed by atoms with Gasteiger partial charge in [0.25, 0.3) is 0 Å². The number of fused-ring (bicyclic) bond motifs is 1. The molecule has 0 unspecified atom stereocenters. The van der Waals surface area contributed by atoms with Crippen molar-refractivity contribution in [3.8, 4) is 0 Å². The molecule has 214 valence electrons. The third kappa shape index (κ3) is 7.49. The Hall–Kier alpha value is -3.79. The van der Waals surface area contributed by atoms with E-state index in [0.717, 1.165) is 17.2 Å². The van der Waals surface area contributed by atoms with Crippen LogP contribution in [-0.2, 0) is 27.3 Å². The van der Waals surface area contributed by atoms with Crippen LogP contribution in [0.3, 0.4) is 0 Å². The summed E-state index contributed by atoms with van der Waals surface area (Å²) < 4.78 is 14.4. The molecule has 0 radical (unpaired) electrons. The number of carbonyl (C=O) groups is 4. The molecule has 4 N–H and O–H groups in total. The van der Waals surface area contributed by atoms with Gasteiger partial charge in [-0.25, -0.2) is 4.39 Å². The molecular formula is C30H29Cl2FN4O4. The summed E-state index contributed by atoms with van der Waals surface area (Å²) in [5.41, 5.74) is 7.80. The second-order valence-corrected chi connectivity index (χ2v) is 10.5. The number of nitrogens with zero attached hydrogens (tertiary/aromatic N) is 1. The summed E-state index contributed by atoms with van der Waals surface area (Å²) in [7, 11) is 0. The predicted octanol–water partition coefficient (Wildman–Crippen LogP) is 4.52. The second-order valence-electron chi connectivity index (χ2n) is 9.67. The van der Waals surface area contributed by atoms with E-state index in [1.165, 1.54) is 11.0 Å². The lowest BCUT2D eigenvalue weighted by Gasteiger charge is -2.36. The van der Waals surface area contributed by atoms with Crippen molar-refractivity contribution in [3.05, 3.63) is 99.3 Å². The highest BCUT2D eigenvalue weighted by Gasteiger charge is 2.36. The Kier molecular flexibility index (Phi) is 10.1. The van der Waals surface area contributed by atoms with Crippen molar-refractivity contribution in [1.82, 2.24) is 10.2 Å². The number of benzene rings is 3. The number of hydrogen-bond acceptors (Lipinski definition) is 5. The summed E-state index contributed by atoms with van der Waals surface area (Å²) in [6.45, 7) is 0.231. The molecule has 0 spiro atoms. The molecule has 0 aromatic heterocycles. The molecule has 3 amide bonds. The van der Waals surface area contributed by atoms with E-state index in [2.05, 4.69) is 10.6 Å². The Morgan fingerprint density at radius 2 is 1.61 bits per heavy atom. The van der Waals surface area contributed by atoms with E-state index in [-0.39, 0.29) is 66.2 Å². The van der Waals surface area contributed by atoms with Crippen molar-refractivity contribution in [2.45, 2.75) is 44.3 Å². The highest BCUT2D eigenvalue weighted by atomic mass is 35.5. The van der Waals surface area contributed by atoms with Gasteiger partial charge in [-0.2, -0.15) is 0 Å². The maximum absolute atomic E-state index is 14.4. The lowest BCUT2D eigenvalue weighted by molar-refractivity contribution is -0.142. The van der Waals surface area contributed by atoms with Gasteiger partial charge >= 0.3 is 0 Å². The fraction of sp³-hybridized carbons (Fsp3) is 0.267. The topological polar surface area (TPSA) is 122 Å². The van der Waals surface area contributed by atoms with Crippen molar-refractivity contribution < 1.29 is 23.6 Å². The summed E-state index contributed by atoms with van der Waals surface area (Å²) in [5.74, 6) is -2.60. The zero-order chi connectivity index (χ0) is 29.5. The molecule has 3 aromatic rings. The molecule has 1 heterocycles. The molecule has 1 aliphatic heterocycles. The van der Waals surface area contributed by atoms with Crippen LogP contribution < -0.4 is 16.4 Å². The number of carbonyl (C=O) groups excluding carboxylic acids is 4. The average Bonchev–Trinajstić information content (AvgIpc) is 2.97. The van der Waals surface area contributed by atoms with E-state index in [1.54, 1.807) is 30.3 Å². The third-order valence-corrected chi connectivity index (χ3v) is 7.61. The molecule has 1 aliphatic rings. The Morgan fingerprint density at radius 3 is 2.32 bits per heavy atom. The first kappa shape index (κ1) is 30.2. The van der Waals surface area contributed by atoms with Crippen molar-refractivity contribution in [2.75, 3.05) is 11.9 Å². The van der Waals surface area contributed by atoms with Crippen LogP contribution in [0.4, 0.5) is 10.1 Å². The van der Waals surface area contributed by atoms with Crippen LogP contribution >= 0.6 is 23.2 Å². The second kappa shape index (κ2) is 13.7. The third-order valence-electron chi connectivity index (χ3n) is 6.89. The molecule has 0 bridgehead atoms. The standard InChI is InChI=1S/C30H29Cl2FN4O4/c31-21-15-23(33)25(16-22(21)32)36-29(40)24(12-13-34)35-30(41)26-14-19-8-4-5-9-20(19)17-37(26)28(39)11-10-27(38)18-6-2-1-3-7-18/h1-9,15-16,24,26H,10-14,17,34H2,(H,35,41)(H,36,40)/t24-,26-/m0/s1. The number of nitrogens with one attached hydrogen (secondary N) is 2. The molecule has 0 saturated heterocycles. The van der Waals surface area contributed by atoms with Crippen LogP contribution in [0.25, 0.3) is 0 Å². The maximum Gasteiger partial charge on any atom is 0.247 e. The number of hydrogen-bond donors (Lipinski definition) is 3. The van der Waals surface area contributed by atoms with E-state index in [9.17, 15) is 23.6 Å². The van der Waals surface area contributed by atoms with Gasteiger partial charge in [-0.1, -0.05) is 77.8 Å². The lowest BCUT2D eigenvalue weighted by Crippen LogP contribution is -2.56. The Labute approximate surface area is 247 Å². The van der Waals surface area contributed by atoms with Gasteiger partial charge < -0.3 is 21.3 Å². The zero-order valence-electron chi connectivity index (χ0n) is 22.0. The lowest BCUT2D eigenvalue weighted by atomic mass is 9.92. The first-order valence-corrected chi connectivity index (χ1v) is 13.8. The highest BCUT2D eigenvalue weighted by molar-refractivity contribution is 6.42. The number of rotatable bonds is 10. The monoisotopic (exact) mass is 598 g/mol.